The van der Waals surface area contributed by atoms with Crippen LogP contribution in [-0.2, 0) is 11.2 Å². The highest BCUT2D eigenvalue weighted by Gasteiger charge is 2.07. The van der Waals surface area contributed by atoms with Gasteiger partial charge in [0.05, 0.1) is 19.0 Å². The number of aromatic nitrogens is 1. The standard InChI is InChI=1S/C22H23N3O3/c1-27-19-9-5-6-10-20(19)28-16-22(26)25-18-11-12-21(24-15-18)23-14-13-17-7-3-2-4-8-17/h2-12,15H,13-14,16H2,1H3,(H,23,24)(H,25,26). The minimum atomic E-state index is -0.266. The van der Waals surface area contributed by atoms with E-state index in [2.05, 4.69) is 27.8 Å². The molecule has 6 heteroatoms. The number of amides is 1. The average Bonchev–Trinajstić information content (AvgIpc) is 2.74. The molecule has 1 heterocycles. The van der Waals surface area contributed by atoms with Gasteiger partial charge < -0.3 is 20.1 Å². The van der Waals surface area contributed by atoms with E-state index in [0.29, 0.717) is 17.2 Å². The topological polar surface area (TPSA) is 72.5 Å². The van der Waals surface area contributed by atoms with E-state index in [4.69, 9.17) is 9.47 Å². The molecule has 0 saturated carbocycles. The normalized spacial score (nSPS) is 10.2. The fraction of sp³-hybridized carbons (Fsp3) is 0.182. The van der Waals surface area contributed by atoms with E-state index in [1.165, 1.54) is 5.56 Å². The fourth-order valence-corrected chi connectivity index (χ4v) is 2.63. The molecule has 1 aromatic heterocycles. The molecule has 6 nitrogen and oxygen atoms in total. The van der Waals surface area contributed by atoms with Gasteiger partial charge >= 0.3 is 0 Å². The zero-order valence-corrected chi connectivity index (χ0v) is 15.7. The lowest BCUT2D eigenvalue weighted by Gasteiger charge is -2.11. The molecule has 0 unspecified atom stereocenters. The van der Waals surface area contributed by atoms with Crippen LogP contribution in [0.3, 0.4) is 0 Å². The molecule has 0 aliphatic heterocycles. The lowest BCUT2D eigenvalue weighted by Crippen LogP contribution is -2.20. The summed E-state index contributed by atoms with van der Waals surface area (Å²) in [5.41, 5.74) is 1.89. The summed E-state index contributed by atoms with van der Waals surface area (Å²) in [4.78, 5) is 16.4. The first-order chi connectivity index (χ1) is 13.7. The van der Waals surface area contributed by atoms with Crippen LogP contribution in [0.1, 0.15) is 5.56 Å². The zero-order valence-electron chi connectivity index (χ0n) is 15.7. The van der Waals surface area contributed by atoms with Gasteiger partial charge in [0.25, 0.3) is 5.91 Å². The minimum Gasteiger partial charge on any atom is -0.493 e. The molecule has 0 radical (unpaired) electrons. The summed E-state index contributed by atoms with van der Waals surface area (Å²) in [5, 5.41) is 6.03. The Morgan fingerprint density at radius 3 is 2.43 bits per heavy atom. The van der Waals surface area contributed by atoms with Crippen LogP contribution in [0.5, 0.6) is 11.5 Å². The van der Waals surface area contributed by atoms with Crippen molar-refractivity contribution in [3.05, 3.63) is 78.5 Å². The van der Waals surface area contributed by atoms with Gasteiger partial charge in [-0.3, -0.25) is 4.79 Å². The molecule has 0 spiro atoms. The molecule has 0 saturated heterocycles. The number of hydrogen-bond donors (Lipinski definition) is 2. The van der Waals surface area contributed by atoms with E-state index in [1.807, 2.05) is 36.4 Å². The van der Waals surface area contributed by atoms with Crippen molar-refractivity contribution in [2.45, 2.75) is 6.42 Å². The van der Waals surface area contributed by atoms with Gasteiger partial charge in [-0.2, -0.15) is 0 Å². The maximum atomic E-state index is 12.1. The van der Waals surface area contributed by atoms with Crippen LogP contribution in [0.4, 0.5) is 11.5 Å². The van der Waals surface area contributed by atoms with Crippen molar-refractivity contribution in [2.24, 2.45) is 0 Å². The van der Waals surface area contributed by atoms with Gasteiger partial charge in [-0.05, 0) is 36.2 Å². The molecule has 0 aliphatic rings. The first-order valence-electron chi connectivity index (χ1n) is 9.04. The van der Waals surface area contributed by atoms with E-state index in [1.54, 1.807) is 31.5 Å². The monoisotopic (exact) mass is 377 g/mol. The number of para-hydroxylation sites is 2. The highest BCUT2D eigenvalue weighted by atomic mass is 16.5. The first-order valence-corrected chi connectivity index (χ1v) is 9.04. The van der Waals surface area contributed by atoms with Gasteiger partial charge in [-0.25, -0.2) is 4.98 Å². The summed E-state index contributed by atoms with van der Waals surface area (Å²) < 4.78 is 10.7. The Bertz CT molecular complexity index is 883. The van der Waals surface area contributed by atoms with Crippen LogP contribution in [0.25, 0.3) is 0 Å². The Labute approximate surface area is 164 Å². The van der Waals surface area contributed by atoms with Gasteiger partial charge in [0, 0.05) is 6.54 Å². The molecular formula is C22H23N3O3. The fourth-order valence-electron chi connectivity index (χ4n) is 2.63. The van der Waals surface area contributed by atoms with Crippen LogP contribution in [0.2, 0.25) is 0 Å². The van der Waals surface area contributed by atoms with E-state index >= 15 is 0 Å². The smallest absolute Gasteiger partial charge is 0.262 e. The van der Waals surface area contributed by atoms with E-state index in [0.717, 1.165) is 18.8 Å². The lowest BCUT2D eigenvalue weighted by atomic mass is 10.1. The Morgan fingerprint density at radius 2 is 1.71 bits per heavy atom. The number of nitrogens with one attached hydrogen (secondary N) is 2. The van der Waals surface area contributed by atoms with Crippen LogP contribution in [0, 0.1) is 0 Å². The summed E-state index contributed by atoms with van der Waals surface area (Å²) in [6.45, 7) is 0.674. The molecule has 0 bridgehead atoms. The van der Waals surface area contributed by atoms with Gasteiger partial charge in [0.1, 0.15) is 5.82 Å². The number of nitrogens with zero attached hydrogens (tertiary/aromatic N) is 1. The molecule has 28 heavy (non-hydrogen) atoms. The van der Waals surface area contributed by atoms with Gasteiger partial charge in [-0.15, -0.1) is 0 Å². The number of anilines is 2. The second-order valence-electron chi connectivity index (χ2n) is 6.08. The highest BCUT2D eigenvalue weighted by molar-refractivity contribution is 5.91. The zero-order chi connectivity index (χ0) is 19.6. The number of carbonyl (C=O) groups is 1. The maximum Gasteiger partial charge on any atom is 0.262 e. The molecule has 3 aromatic rings. The van der Waals surface area contributed by atoms with Crippen molar-refractivity contribution >= 4 is 17.4 Å². The molecule has 0 atom stereocenters. The molecule has 2 aromatic carbocycles. The lowest BCUT2D eigenvalue weighted by molar-refractivity contribution is -0.118. The van der Waals surface area contributed by atoms with Gasteiger partial charge in [0.15, 0.2) is 18.1 Å². The van der Waals surface area contributed by atoms with Gasteiger partial charge in [0.2, 0.25) is 0 Å². The highest BCUT2D eigenvalue weighted by Crippen LogP contribution is 2.25. The van der Waals surface area contributed by atoms with Crippen molar-refractivity contribution in [3.8, 4) is 11.5 Å². The summed E-state index contributed by atoms with van der Waals surface area (Å²) in [6.07, 6.45) is 2.53. The SMILES string of the molecule is COc1ccccc1OCC(=O)Nc1ccc(NCCc2ccccc2)nc1. The largest absolute Gasteiger partial charge is 0.493 e. The second-order valence-corrected chi connectivity index (χ2v) is 6.08. The predicted molar refractivity (Wildman–Crippen MR) is 110 cm³/mol. The third-order valence-corrected chi connectivity index (χ3v) is 4.04. The number of carbonyl (C=O) groups excluding carboxylic acids is 1. The molecule has 0 aliphatic carbocycles. The quantitative estimate of drug-likeness (QED) is 0.594. The van der Waals surface area contributed by atoms with Crippen molar-refractivity contribution < 1.29 is 14.3 Å². The molecular weight excluding hydrogens is 354 g/mol. The molecule has 2 N–H and O–H groups in total. The summed E-state index contributed by atoms with van der Waals surface area (Å²) >= 11 is 0. The first kappa shape index (κ1) is 19.2. The van der Waals surface area contributed by atoms with Crippen LogP contribution in [-0.4, -0.2) is 31.2 Å². The van der Waals surface area contributed by atoms with E-state index in [-0.39, 0.29) is 12.5 Å². The maximum absolute atomic E-state index is 12.1. The van der Waals surface area contributed by atoms with Crippen LogP contribution >= 0.6 is 0 Å². The van der Waals surface area contributed by atoms with Crippen molar-refractivity contribution in [1.82, 2.24) is 4.98 Å². The summed E-state index contributed by atoms with van der Waals surface area (Å²) in [7, 11) is 1.56. The van der Waals surface area contributed by atoms with Crippen molar-refractivity contribution in [1.29, 1.82) is 0 Å². The third-order valence-electron chi connectivity index (χ3n) is 4.04. The Kier molecular flexibility index (Phi) is 6.84. The number of benzene rings is 2. The Hall–Kier alpha value is -3.54. The number of rotatable bonds is 9. The predicted octanol–water partition coefficient (Wildman–Crippen LogP) is 3.76. The van der Waals surface area contributed by atoms with E-state index in [9.17, 15) is 4.79 Å². The van der Waals surface area contributed by atoms with E-state index < -0.39 is 0 Å². The average molecular weight is 377 g/mol. The third kappa shape index (κ3) is 5.74. The number of methoxy groups -OCH3 is 1. The number of hydrogen-bond acceptors (Lipinski definition) is 5. The Morgan fingerprint density at radius 1 is 0.964 bits per heavy atom. The molecule has 0 fully saturated rings. The summed E-state index contributed by atoms with van der Waals surface area (Å²) in [5.74, 6) is 1.61. The minimum absolute atomic E-state index is 0.114. The number of ether oxygens (including phenoxy) is 2. The molecule has 144 valence electrons. The molecule has 3 rings (SSSR count). The van der Waals surface area contributed by atoms with Crippen molar-refractivity contribution in [2.75, 3.05) is 30.9 Å². The van der Waals surface area contributed by atoms with Crippen LogP contribution < -0.4 is 20.1 Å². The van der Waals surface area contributed by atoms with Crippen molar-refractivity contribution in [3.63, 3.8) is 0 Å². The van der Waals surface area contributed by atoms with Gasteiger partial charge in [-0.1, -0.05) is 42.5 Å². The Balaban J connectivity index is 1.43. The summed E-state index contributed by atoms with van der Waals surface area (Å²) in [6, 6.07) is 21.1. The second kappa shape index (κ2) is 9.97. The van der Waals surface area contributed by atoms with Crippen LogP contribution in [0.15, 0.2) is 72.9 Å². The molecule has 1 amide bonds. The number of pyridine rings is 1.